The van der Waals surface area contributed by atoms with E-state index in [-0.39, 0.29) is 23.1 Å². The molecule has 3 N–H and O–H groups in total. The van der Waals surface area contributed by atoms with Crippen molar-refractivity contribution in [3.05, 3.63) is 44.0 Å². The Morgan fingerprint density at radius 3 is 2.60 bits per heavy atom. The van der Waals surface area contributed by atoms with Gasteiger partial charge in [0.1, 0.15) is 22.2 Å². The lowest BCUT2D eigenvalue weighted by Crippen LogP contribution is -2.37. The minimum atomic E-state index is -0.761. The van der Waals surface area contributed by atoms with Crippen LogP contribution in [0.5, 0.6) is 0 Å². The van der Waals surface area contributed by atoms with Gasteiger partial charge in [-0.25, -0.2) is 14.8 Å². The zero-order valence-electron chi connectivity index (χ0n) is 14.6. The number of aromatic amines is 1. The van der Waals surface area contributed by atoms with Gasteiger partial charge in [0.05, 0.1) is 5.75 Å². The molecule has 0 amide bonds. The van der Waals surface area contributed by atoms with Crippen LogP contribution in [-0.4, -0.2) is 31.1 Å². The molecule has 0 bridgehead atoms. The van der Waals surface area contributed by atoms with Crippen LogP contribution in [0.4, 0.5) is 5.82 Å². The number of carbonyl (C=O) groups excluding carboxylic acids is 1. The molecule has 0 spiro atoms. The zero-order chi connectivity index (χ0) is 18.7. The van der Waals surface area contributed by atoms with Crippen molar-refractivity contribution in [2.75, 3.05) is 11.5 Å². The molecule has 0 aliphatic heterocycles. The molecule has 0 aromatic carbocycles. The molecule has 25 heavy (non-hydrogen) atoms. The number of aromatic nitrogens is 4. The monoisotopic (exact) mass is 363 g/mol. The fourth-order valence-electron chi connectivity index (χ4n) is 2.37. The maximum atomic E-state index is 12.5. The molecule has 0 saturated carbocycles. The standard InChI is InChI=1S/C16H21N5O3S/c1-8(2)6-21-14(17)13(15(23)20-16(21)24)11(22)7-25-12-5-9(3)18-10(4)19-12/h5,8H,6-7,17H2,1-4H3,(H,20,23,24). The van der Waals surface area contributed by atoms with Gasteiger partial charge < -0.3 is 5.73 Å². The van der Waals surface area contributed by atoms with Crippen LogP contribution in [0.3, 0.4) is 0 Å². The third-order valence-corrected chi connectivity index (χ3v) is 4.27. The van der Waals surface area contributed by atoms with Crippen molar-refractivity contribution in [3.8, 4) is 0 Å². The molecule has 134 valence electrons. The second-order valence-corrected chi connectivity index (χ2v) is 7.13. The van der Waals surface area contributed by atoms with Crippen LogP contribution in [0.2, 0.25) is 0 Å². The van der Waals surface area contributed by atoms with Crippen LogP contribution in [-0.2, 0) is 6.54 Å². The summed E-state index contributed by atoms with van der Waals surface area (Å²) in [6, 6.07) is 1.76. The summed E-state index contributed by atoms with van der Waals surface area (Å²) in [4.78, 5) is 47.1. The van der Waals surface area contributed by atoms with Gasteiger partial charge in [-0.15, -0.1) is 0 Å². The molecular formula is C16H21N5O3S. The first-order valence-corrected chi connectivity index (χ1v) is 8.78. The quantitative estimate of drug-likeness (QED) is 0.448. The SMILES string of the molecule is Cc1cc(SCC(=O)c2c(N)n(CC(C)C)c(=O)[nH]c2=O)nc(C)n1. The molecule has 0 unspecified atom stereocenters. The van der Waals surface area contributed by atoms with Gasteiger partial charge in [0.15, 0.2) is 5.78 Å². The number of aryl methyl sites for hydroxylation is 2. The first kappa shape index (κ1) is 18.9. The first-order valence-electron chi connectivity index (χ1n) is 7.80. The van der Waals surface area contributed by atoms with Crippen LogP contribution < -0.4 is 17.0 Å². The number of carbonyl (C=O) groups is 1. The number of rotatable bonds is 6. The Labute approximate surface area is 148 Å². The summed E-state index contributed by atoms with van der Waals surface area (Å²) >= 11 is 1.20. The highest BCUT2D eigenvalue weighted by Gasteiger charge is 2.20. The van der Waals surface area contributed by atoms with Gasteiger partial charge in [-0.1, -0.05) is 25.6 Å². The van der Waals surface area contributed by atoms with Crippen molar-refractivity contribution in [3.63, 3.8) is 0 Å². The highest BCUT2D eigenvalue weighted by molar-refractivity contribution is 7.99. The highest BCUT2D eigenvalue weighted by atomic mass is 32.2. The average Bonchev–Trinajstić information content (AvgIpc) is 2.48. The van der Waals surface area contributed by atoms with E-state index in [1.54, 1.807) is 13.0 Å². The van der Waals surface area contributed by atoms with E-state index in [2.05, 4.69) is 15.0 Å². The van der Waals surface area contributed by atoms with E-state index < -0.39 is 17.0 Å². The van der Waals surface area contributed by atoms with E-state index in [0.717, 1.165) is 5.69 Å². The summed E-state index contributed by atoms with van der Waals surface area (Å²) in [5, 5.41) is 0.642. The number of nitrogens with one attached hydrogen (secondary N) is 1. The maximum absolute atomic E-state index is 12.5. The van der Waals surface area contributed by atoms with E-state index in [1.807, 2.05) is 20.8 Å². The van der Waals surface area contributed by atoms with E-state index >= 15 is 0 Å². The van der Waals surface area contributed by atoms with Crippen molar-refractivity contribution in [2.24, 2.45) is 5.92 Å². The maximum Gasteiger partial charge on any atom is 0.329 e. The lowest BCUT2D eigenvalue weighted by molar-refractivity contribution is 0.102. The lowest BCUT2D eigenvalue weighted by atomic mass is 10.2. The van der Waals surface area contributed by atoms with Crippen molar-refractivity contribution in [1.82, 2.24) is 19.5 Å². The molecule has 2 aromatic rings. The molecule has 0 radical (unpaired) electrons. The predicted octanol–water partition coefficient (Wildman–Crippen LogP) is 1.16. The summed E-state index contributed by atoms with van der Waals surface area (Å²) in [7, 11) is 0. The van der Waals surface area contributed by atoms with Crippen LogP contribution in [0.1, 0.15) is 35.7 Å². The summed E-state index contributed by atoms with van der Waals surface area (Å²) in [5.74, 6) is 0.189. The van der Waals surface area contributed by atoms with Gasteiger partial charge in [0.25, 0.3) is 5.56 Å². The van der Waals surface area contributed by atoms with E-state index in [1.165, 1.54) is 16.3 Å². The van der Waals surface area contributed by atoms with E-state index in [9.17, 15) is 14.4 Å². The topological polar surface area (TPSA) is 124 Å². The largest absolute Gasteiger partial charge is 0.384 e. The molecular weight excluding hydrogens is 342 g/mol. The number of Topliss-reactive ketones (excluding diaryl/α,β-unsaturated/α-hetero) is 1. The van der Waals surface area contributed by atoms with E-state index in [4.69, 9.17) is 5.73 Å². The van der Waals surface area contributed by atoms with Crippen LogP contribution >= 0.6 is 11.8 Å². The predicted molar refractivity (Wildman–Crippen MR) is 97.1 cm³/mol. The Morgan fingerprint density at radius 1 is 1.32 bits per heavy atom. The second kappa shape index (κ2) is 7.64. The molecule has 2 aromatic heterocycles. The van der Waals surface area contributed by atoms with Gasteiger partial charge in [-0.2, -0.15) is 0 Å². The fraction of sp³-hybridized carbons (Fsp3) is 0.438. The second-order valence-electron chi connectivity index (χ2n) is 6.13. The van der Waals surface area contributed by atoms with Crippen molar-refractivity contribution in [1.29, 1.82) is 0 Å². The number of thioether (sulfide) groups is 1. The molecule has 9 heteroatoms. The third kappa shape index (κ3) is 4.56. The molecule has 0 atom stereocenters. The molecule has 8 nitrogen and oxygen atoms in total. The number of hydrogen-bond acceptors (Lipinski definition) is 7. The fourth-order valence-corrected chi connectivity index (χ4v) is 3.25. The molecule has 0 aliphatic rings. The van der Waals surface area contributed by atoms with Crippen molar-refractivity contribution >= 4 is 23.4 Å². The molecule has 0 saturated heterocycles. The molecule has 2 rings (SSSR count). The number of ketones is 1. The number of nitrogens with zero attached hydrogens (tertiary/aromatic N) is 3. The number of nitrogen functional groups attached to an aromatic ring is 1. The Balaban J connectivity index is 2.29. The summed E-state index contributed by atoms with van der Waals surface area (Å²) in [5.41, 5.74) is 5.18. The van der Waals surface area contributed by atoms with Crippen molar-refractivity contribution < 1.29 is 4.79 Å². The smallest absolute Gasteiger partial charge is 0.329 e. The Kier molecular flexibility index (Phi) is 5.78. The van der Waals surface area contributed by atoms with Crippen LogP contribution in [0, 0.1) is 19.8 Å². The third-order valence-electron chi connectivity index (χ3n) is 3.36. The molecule has 2 heterocycles. The minimum absolute atomic E-state index is 0.0109. The normalized spacial score (nSPS) is 11.1. The number of H-pyrrole nitrogens is 1. The van der Waals surface area contributed by atoms with Gasteiger partial charge >= 0.3 is 5.69 Å². The number of hydrogen-bond donors (Lipinski definition) is 2. The highest BCUT2D eigenvalue weighted by Crippen LogP contribution is 2.18. The van der Waals surface area contributed by atoms with Gasteiger partial charge in [0.2, 0.25) is 0 Å². The summed E-state index contributed by atoms with van der Waals surface area (Å²) < 4.78 is 1.23. The van der Waals surface area contributed by atoms with Crippen LogP contribution in [0.15, 0.2) is 20.7 Å². The van der Waals surface area contributed by atoms with Crippen LogP contribution in [0.25, 0.3) is 0 Å². The number of anilines is 1. The lowest BCUT2D eigenvalue weighted by Gasteiger charge is -2.13. The summed E-state index contributed by atoms with van der Waals surface area (Å²) in [6.45, 7) is 7.75. The first-order chi connectivity index (χ1) is 11.7. The molecule has 0 aliphatic carbocycles. The molecule has 0 fully saturated rings. The van der Waals surface area contributed by atoms with Gasteiger partial charge in [-0.05, 0) is 25.8 Å². The summed E-state index contributed by atoms with van der Waals surface area (Å²) in [6.07, 6.45) is 0. The van der Waals surface area contributed by atoms with Gasteiger partial charge in [-0.3, -0.25) is 19.1 Å². The zero-order valence-corrected chi connectivity index (χ0v) is 15.4. The van der Waals surface area contributed by atoms with E-state index in [0.29, 0.717) is 17.4 Å². The Bertz CT molecular complexity index is 897. The minimum Gasteiger partial charge on any atom is -0.384 e. The number of nitrogens with two attached hydrogens (primary N) is 1. The van der Waals surface area contributed by atoms with Crippen molar-refractivity contribution in [2.45, 2.75) is 39.3 Å². The van der Waals surface area contributed by atoms with Gasteiger partial charge in [0, 0.05) is 12.2 Å². The Hall–Kier alpha value is -2.42. The average molecular weight is 363 g/mol. The Morgan fingerprint density at radius 2 is 2.00 bits per heavy atom.